The second-order valence-corrected chi connectivity index (χ2v) is 4.90. The summed E-state index contributed by atoms with van der Waals surface area (Å²) in [6, 6.07) is 13.1. The maximum atomic E-state index is 9.48. The molecule has 0 bridgehead atoms. The standard InChI is InChI=1S/C17H17NO2/c1-11-8-14(10-18)9-12(2)17(11)20-16-6-4-15(5-7-16)13(3)19/h4-9,13,19H,1-3H3/t13-/m1/s1. The van der Waals surface area contributed by atoms with E-state index in [1.165, 1.54) is 0 Å². The van der Waals surface area contributed by atoms with E-state index in [1.807, 2.05) is 50.2 Å². The summed E-state index contributed by atoms with van der Waals surface area (Å²) in [5, 5.41) is 18.4. The van der Waals surface area contributed by atoms with Crippen molar-refractivity contribution in [1.29, 1.82) is 5.26 Å². The van der Waals surface area contributed by atoms with E-state index in [2.05, 4.69) is 6.07 Å². The highest BCUT2D eigenvalue weighted by Crippen LogP contribution is 2.30. The van der Waals surface area contributed by atoms with Crippen LogP contribution < -0.4 is 4.74 Å². The number of ether oxygens (including phenoxy) is 1. The Labute approximate surface area is 119 Å². The van der Waals surface area contributed by atoms with E-state index in [9.17, 15) is 5.11 Å². The molecule has 0 aromatic heterocycles. The third-order valence-electron chi connectivity index (χ3n) is 3.17. The van der Waals surface area contributed by atoms with Crippen molar-refractivity contribution in [2.75, 3.05) is 0 Å². The Balaban J connectivity index is 2.28. The summed E-state index contributed by atoms with van der Waals surface area (Å²) in [7, 11) is 0. The Morgan fingerprint density at radius 3 is 2.10 bits per heavy atom. The SMILES string of the molecule is Cc1cc(C#N)cc(C)c1Oc1ccc([C@@H](C)O)cc1. The molecule has 0 aliphatic heterocycles. The number of rotatable bonds is 3. The van der Waals surface area contributed by atoms with Gasteiger partial charge in [0.25, 0.3) is 0 Å². The van der Waals surface area contributed by atoms with Gasteiger partial charge in [0.05, 0.1) is 17.7 Å². The van der Waals surface area contributed by atoms with Crippen LogP contribution in [0.3, 0.4) is 0 Å². The molecule has 0 heterocycles. The van der Waals surface area contributed by atoms with Crippen LogP contribution in [-0.4, -0.2) is 5.11 Å². The second-order valence-electron chi connectivity index (χ2n) is 4.90. The van der Waals surface area contributed by atoms with Gasteiger partial charge in [-0.05, 0) is 61.7 Å². The van der Waals surface area contributed by atoms with E-state index in [0.717, 1.165) is 22.4 Å². The fourth-order valence-electron chi connectivity index (χ4n) is 2.11. The summed E-state index contributed by atoms with van der Waals surface area (Å²) in [6.45, 7) is 5.57. The van der Waals surface area contributed by atoms with Gasteiger partial charge < -0.3 is 9.84 Å². The number of hydrogen-bond acceptors (Lipinski definition) is 3. The molecule has 102 valence electrons. The summed E-state index contributed by atoms with van der Waals surface area (Å²) >= 11 is 0. The minimum Gasteiger partial charge on any atom is -0.457 e. The fourth-order valence-corrected chi connectivity index (χ4v) is 2.11. The van der Waals surface area contributed by atoms with Crippen LogP contribution in [0, 0.1) is 25.2 Å². The molecule has 2 aromatic rings. The number of aryl methyl sites for hydroxylation is 2. The molecule has 3 heteroatoms. The highest BCUT2D eigenvalue weighted by Gasteiger charge is 2.08. The van der Waals surface area contributed by atoms with Gasteiger partial charge in [-0.25, -0.2) is 0 Å². The molecule has 1 N–H and O–H groups in total. The van der Waals surface area contributed by atoms with Crippen LogP contribution >= 0.6 is 0 Å². The molecule has 0 unspecified atom stereocenters. The molecule has 2 rings (SSSR count). The average molecular weight is 267 g/mol. The maximum Gasteiger partial charge on any atom is 0.133 e. The van der Waals surface area contributed by atoms with Crippen molar-refractivity contribution in [3.05, 3.63) is 58.7 Å². The summed E-state index contributed by atoms with van der Waals surface area (Å²) in [4.78, 5) is 0. The first-order valence-corrected chi connectivity index (χ1v) is 6.48. The van der Waals surface area contributed by atoms with Crippen molar-refractivity contribution < 1.29 is 9.84 Å². The zero-order chi connectivity index (χ0) is 14.7. The second kappa shape index (κ2) is 5.77. The number of nitriles is 1. The van der Waals surface area contributed by atoms with Crippen LogP contribution in [0.25, 0.3) is 0 Å². The van der Waals surface area contributed by atoms with E-state index < -0.39 is 6.10 Å². The zero-order valence-corrected chi connectivity index (χ0v) is 11.8. The van der Waals surface area contributed by atoms with Crippen molar-refractivity contribution in [3.8, 4) is 17.6 Å². The van der Waals surface area contributed by atoms with Crippen molar-refractivity contribution in [3.63, 3.8) is 0 Å². The lowest BCUT2D eigenvalue weighted by Gasteiger charge is -2.13. The van der Waals surface area contributed by atoms with E-state index in [-0.39, 0.29) is 0 Å². The predicted octanol–water partition coefficient (Wildman–Crippen LogP) is 4.02. The predicted molar refractivity (Wildman–Crippen MR) is 77.8 cm³/mol. The van der Waals surface area contributed by atoms with Gasteiger partial charge in [0, 0.05) is 0 Å². The van der Waals surface area contributed by atoms with Crippen LogP contribution in [0.4, 0.5) is 0 Å². The molecule has 0 aliphatic carbocycles. The lowest BCUT2D eigenvalue weighted by molar-refractivity contribution is 0.199. The molecule has 0 saturated heterocycles. The topological polar surface area (TPSA) is 53.2 Å². The van der Waals surface area contributed by atoms with E-state index in [0.29, 0.717) is 11.3 Å². The number of aliphatic hydroxyl groups excluding tert-OH is 1. The van der Waals surface area contributed by atoms with Gasteiger partial charge in [0.2, 0.25) is 0 Å². The van der Waals surface area contributed by atoms with Gasteiger partial charge in [-0.3, -0.25) is 0 Å². The maximum absolute atomic E-state index is 9.48. The molecule has 0 spiro atoms. The largest absolute Gasteiger partial charge is 0.457 e. The summed E-state index contributed by atoms with van der Waals surface area (Å²) in [5.41, 5.74) is 3.35. The van der Waals surface area contributed by atoms with Crippen LogP contribution in [0.15, 0.2) is 36.4 Å². The highest BCUT2D eigenvalue weighted by atomic mass is 16.5. The minimum atomic E-state index is -0.484. The number of aliphatic hydroxyl groups is 1. The average Bonchev–Trinajstić information content (AvgIpc) is 2.43. The molecule has 0 amide bonds. The Kier molecular flexibility index (Phi) is 4.07. The lowest BCUT2D eigenvalue weighted by atomic mass is 10.1. The summed E-state index contributed by atoms with van der Waals surface area (Å²) < 4.78 is 5.88. The van der Waals surface area contributed by atoms with Crippen molar-refractivity contribution in [1.82, 2.24) is 0 Å². The van der Waals surface area contributed by atoms with Gasteiger partial charge in [-0.2, -0.15) is 5.26 Å². The highest BCUT2D eigenvalue weighted by molar-refractivity contribution is 5.49. The van der Waals surface area contributed by atoms with Crippen LogP contribution in [0.5, 0.6) is 11.5 Å². The Morgan fingerprint density at radius 2 is 1.65 bits per heavy atom. The molecule has 1 atom stereocenters. The number of nitrogens with zero attached hydrogens (tertiary/aromatic N) is 1. The quantitative estimate of drug-likeness (QED) is 0.913. The van der Waals surface area contributed by atoms with E-state index >= 15 is 0 Å². The van der Waals surface area contributed by atoms with Crippen LogP contribution in [0.1, 0.15) is 35.3 Å². The Morgan fingerprint density at radius 1 is 1.10 bits per heavy atom. The lowest BCUT2D eigenvalue weighted by Crippen LogP contribution is -1.94. The Hall–Kier alpha value is -2.31. The molecule has 3 nitrogen and oxygen atoms in total. The summed E-state index contributed by atoms with van der Waals surface area (Å²) in [5.74, 6) is 1.49. The first kappa shape index (κ1) is 14.1. The number of benzene rings is 2. The normalized spacial score (nSPS) is 11.8. The van der Waals surface area contributed by atoms with Gasteiger partial charge in [-0.1, -0.05) is 12.1 Å². The third kappa shape index (κ3) is 2.98. The van der Waals surface area contributed by atoms with Crippen molar-refractivity contribution >= 4 is 0 Å². The molecule has 20 heavy (non-hydrogen) atoms. The van der Waals surface area contributed by atoms with Crippen LogP contribution in [0.2, 0.25) is 0 Å². The molecule has 0 saturated carbocycles. The van der Waals surface area contributed by atoms with Crippen LogP contribution in [-0.2, 0) is 0 Å². The van der Waals surface area contributed by atoms with Gasteiger partial charge in [-0.15, -0.1) is 0 Å². The van der Waals surface area contributed by atoms with Gasteiger partial charge >= 0.3 is 0 Å². The Bertz CT molecular complexity index is 629. The minimum absolute atomic E-state index is 0.484. The molecular formula is C17H17NO2. The zero-order valence-electron chi connectivity index (χ0n) is 11.8. The van der Waals surface area contributed by atoms with Gasteiger partial charge in [0.15, 0.2) is 0 Å². The molecule has 2 aromatic carbocycles. The summed E-state index contributed by atoms with van der Waals surface area (Å²) in [6.07, 6.45) is -0.484. The van der Waals surface area contributed by atoms with Crippen molar-refractivity contribution in [2.45, 2.75) is 26.9 Å². The smallest absolute Gasteiger partial charge is 0.133 e. The first-order chi connectivity index (χ1) is 9.51. The molecular weight excluding hydrogens is 250 g/mol. The van der Waals surface area contributed by atoms with E-state index in [1.54, 1.807) is 6.92 Å². The molecule has 0 aliphatic rings. The molecule has 0 radical (unpaired) electrons. The molecule has 0 fully saturated rings. The van der Waals surface area contributed by atoms with Crippen molar-refractivity contribution in [2.24, 2.45) is 0 Å². The first-order valence-electron chi connectivity index (χ1n) is 6.48. The van der Waals surface area contributed by atoms with Gasteiger partial charge in [0.1, 0.15) is 11.5 Å². The monoisotopic (exact) mass is 267 g/mol. The third-order valence-corrected chi connectivity index (χ3v) is 3.17. The number of hydrogen-bond donors (Lipinski definition) is 1. The van der Waals surface area contributed by atoms with E-state index in [4.69, 9.17) is 10.00 Å². The fraction of sp³-hybridized carbons (Fsp3) is 0.235.